The topological polar surface area (TPSA) is 55.8 Å². The number of carboxylic acids is 1. The van der Waals surface area contributed by atoms with Crippen molar-refractivity contribution in [3.63, 3.8) is 0 Å². The van der Waals surface area contributed by atoms with E-state index in [1.807, 2.05) is 0 Å². The molecule has 0 amide bonds. The van der Waals surface area contributed by atoms with Gasteiger partial charge in [-0.05, 0) is 83.0 Å². The number of rotatable bonds is 7. The third-order valence-corrected chi connectivity index (χ3v) is 7.43. The van der Waals surface area contributed by atoms with Crippen LogP contribution in [-0.2, 0) is 23.8 Å². The summed E-state index contributed by atoms with van der Waals surface area (Å²) in [6, 6.07) is 7.16. The second-order valence-electron chi connectivity index (χ2n) is 8.70. The van der Waals surface area contributed by atoms with Gasteiger partial charge in [-0.15, -0.1) is 11.3 Å². The maximum atomic E-state index is 14.7. The van der Waals surface area contributed by atoms with Crippen LogP contribution < -0.4 is 9.47 Å². The van der Waals surface area contributed by atoms with Crippen LogP contribution in [0.2, 0.25) is 0 Å². The summed E-state index contributed by atoms with van der Waals surface area (Å²) in [6.45, 7) is 0.0407. The second-order valence-corrected chi connectivity index (χ2v) is 9.58. The summed E-state index contributed by atoms with van der Waals surface area (Å²) in [4.78, 5) is 10.0. The Kier molecular flexibility index (Phi) is 5.94. The Morgan fingerprint density at radius 1 is 1.09 bits per heavy atom. The lowest BCUT2D eigenvalue weighted by Crippen LogP contribution is -2.07. The fourth-order valence-electron chi connectivity index (χ4n) is 4.60. The van der Waals surface area contributed by atoms with Crippen LogP contribution >= 0.6 is 11.3 Å². The summed E-state index contributed by atoms with van der Waals surface area (Å²) < 4.78 is 81.5. The van der Waals surface area contributed by atoms with E-state index in [2.05, 4.69) is 0 Å². The molecule has 2 heterocycles. The van der Waals surface area contributed by atoms with Crippen LogP contribution in [-0.4, -0.2) is 17.9 Å². The van der Waals surface area contributed by atoms with Crippen molar-refractivity contribution < 1.29 is 41.3 Å². The molecular formula is C25H19F5O4S. The van der Waals surface area contributed by atoms with E-state index in [1.54, 1.807) is 18.2 Å². The van der Waals surface area contributed by atoms with E-state index in [-0.39, 0.29) is 48.7 Å². The normalized spacial score (nSPS) is 18.7. The Balaban J connectivity index is 1.42. The first-order chi connectivity index (χ1) is 16.6. The van der Waals surface area contributed by atoms with E-state index in [0.717, 1.165) is 12.1 Å². The van der Waals surface area contributed by atoms with E-state index in [0.29, 0.717) is 40.4 Å². The van der Waals surface area contributed by atoms with E-state index >= 15 is 0 Å². The van der Waals surface area contributed by atoms with Crippen LogP contribution in [0.1, 0.15) is 40.3 Å². The second kappa shape index (κ2) is 8.82. The van der Waals surface area contributed by atoms with Crippen molar-refractivity contribution in [2.75, 3.05) is 6.79 Å². The van der Waals surface area contributed by atoms with Crippen LogP contribution in [0.25, 0.3) is 11.1 Å². The van der Waals surface area contributed by atoms with Gasteiger partial charge >= 0.3 is 12.1 Å². The van der Waals surface area contributed by atoms with Crippen LogP contribution in [0, 0.1) is 17.6 Å². The van der Waals surface area contributed by atoms with Gasteiger partial charge in [-0.1, -0.05) is 6.07 Å². The van der Waals surface area contributed by atoms with Crippen molar-refractivity contribution in [1.82, 2.24) is 0 Å². The highest BCUT2D eigenvalue weighted by Crippen LogP contribution is 2.54. The summed E-state index contributed by atoms with van der Waals surface area (Å²) >= 11 is 0.601. The monoisotopic (exact) mass is 510 g/mol. The third-order valence-electron chi connectivity index (χ3n) is 6.36. The lowest BCUT2D eigenvalue weighted by molar-refractivity contribution is -0.137. The first-order valence-corrected chi connectivity index (χ1v) is 11.8. The van der Waals surface area contributed by atoms with Gasteiger partial charge in [-0.2, -0.15) is 13.2 Å². The van der Waals surface area contributed by atoms with E-state index in [1.165, 1.54) is 5.38 Å². The number of carbonyl (C=O) groups is 1. The average Bonchev–Trinajstić information content (AvgIpc) is 3.17. The summed E-state index contributed by atoms with van der Waals surface area (Å²) in [6.07, 6.45) is -4.45. The number of halogens is 5. The highest BCUT2D eigenvalue weighted by atomic mass is 32.1. The molecule has 0 radical (unpaired) electrons. The van der Waals surface area contributed by atoms with Crippen molar-refractivity contribution in [3.8, 4) is 22.6 Å². The first-order valence-electron chi connectivity index (χ1n) is 10.9. The molecule has 5 rings (SSSR count). The molecular weight excluding hydrogens is 491 g/mol. The van der Waals surface area contributed by atoms with Gasteiger partial charge in [-0.25, -0.2) is 8.78 Å². The van der Waals surface area contributed by atoms with Crippen LogP contribution in [0.15, 0.2) is 35.7 Å². The summed E-state index contributed by atoms with van der Waals surface area (Å²) in [5.41, 5.74) is 1.14. The van der Waals surface area contributed by atoms with Gasteiger partial charge < -0.3 is 14.6 Å². The predicted molar refractivity (Wildman–Crippen MR) is 118 cm³/mol. The summed E-state index contributed by atoms with van der Waals surface area (Å²) in [5, 5.41) is 10.2. The summed E-state index contributed by atoms with van der Waals surface area (Å²) in [5.74, 6) is -2.61. The van der Waals surface area contributed by atoms with Gasteiger partial charge in [0, 0.05) is 12.0 Å². The van der Waals surface area contributed by atoms with Gasteiger partial charge in [0.15, 0.2) is 11.5 Å². The number of hydrogen-bond acceptors (Lipinski definition) is 4. The maximum Gasteiger partial charge on any atom is 0.425 e. The Labute approximate surface area is 200 Å². The van der Waals surface area contributed by atoms with Gasteiger partial charge in [0.05, 0.1) is 0 Å². The minimum Gasteiger partial charge on any atom is -0.481 e. The van der Waals surface area contributed by atoms with Gasteiger partial charge in [0.1, 0.15) is 16.5 Å². The Morgan fingerprint density at radius 2 is 1.80 bits per heavy atom. The molecule has 0 saturated heterocycles. The lowest BCUT2D eigenvalue weighted by atomic mass is 9.96. The largest absolute Gasteiger partial charge is 0.481 e. The molecule has 1 saturated carbocycles. The van der Waals surface area contributed by atoms with Gasteiger partial charge in [-0.3, -0.25) is 4.79 Å². The van der Waals surface area contributed by atoms with Crippen molar-refractivity contribution in [1.29, 1.82) is 0 Å². The molecule has 0 bridgehead atoms. The fraction of sp³-hybridized carbons (Fsp3) is 0.320. The number of ether oxygens (including phenoxy) is 2. The number of carboxylic acid groups (broad SMARTS) is 1. The molecule has 184 valence electrons. The van der Waals surface area contributed by atoms with Crippen LogP contribution in [0.4, 0.5) is 22.0 Å². The molecule has 1 aromatic heterocycles. The summed E-state index contributed by atoms with van der Waals surface area (Å²) in [7, 11) is 0. The SMILES string of the molecule is O=C(O)CCc1cc(F)c(C2CC2Cc2c(-c3ccc4c(c3)OCO4)csc2C(F)(F)F)c(F)c1. The van der Waals surface area contributed by atoms with E-state index in [9.17, 15) is 26.7 Å². The van der Waals surface area contributed by atoms with Crippen molar-refractivity contribution in [2.45, 2.75) is 37.8 Å². The highest BCUT2D eigenvalue weighted by Gasteiger charge is 2.45. The molecule has 4 nitrogen and oxygen atoms in total. The van der Waals surface area contributed by atoms with E-state index in [4.69, 9.17) is 14.6 Å². The molecule has 1 aliphatic carbocycles. The smallest absolute Gasteiger partial charge is 0.425 e. The average molecular weight is 510 g/mol. The maximum absolute atomic E-state index is 14.7. The zero-order valence-corrected chi connectivity index (χ0v) is 18.9. The van der Waals surface area contributed by atoms with Crippen molar-refractivity contribution >= 4 is 17.3 Å². The zero-order chi connectivity index (χ0) is 24.9. The molecule has 2 unspecified atom stereocenters. The number of thiophene rings is 1. The minimum absolute atomic E-state index is 0.0136. The molecule has 3 aromatic rings. The quantitative estimate of drug-likeness (QED) is 0.355. The number of benzene rings is 2. The Hall–Kier alpha value is -3.14. The molecule has 2 aromatic carbocycles. The Morgan fingerprint density at radius 3 is 2.49 bits per heavy atom. The number of hydrogen-bond donors (Lipinski definition) is 1. The Bertz CT molecular complexity index is 1280. The third kappa shape index (κ3) is 4.71. The standard InChI is InChI=1S/C25H19F5O4S/c26-18-5-12(1-4-22(31)32)6-19(27)23(18)15-7-14(15)8-16-17(10-35-24(16)25(28,29)30)13-2-3-20-21(9-13)34-11-33-20/h2-3,5-6,9-10,14-15H,1,4,7-8,11H2,(H,31,32). The molecule has 1 N–H and O–H groups in total. The van der Waals surface area contributed by atoms with Gasteiger partial charge in [0.2, 0.25) is 6.79 Å². The molecule has 35 heavy (non-hydrogen) atoms. The molecule has 0 spiro atoms. The molecule has 10 heteroatoms. The molecule has 1 aliphatic heterocycles. The molecule has 2 aliphatic rings. The lowest BCUT2D eigenvalue weighted by Gasteiger charge is -2.12. The molecule has 2 atom stereocenters. The fourth-order valence-corrected chi connectivity index (χ4v) is 5.59. The number of aliphatic carboxylic acids is 1. The highest BCUT2D eigenvalue weighted by molar-refractivity contribution is 7.10. The van der Waals surface area contributed by atoms with Crippen molar-refractivity contribution in [3.05, 3.63) is 68.9 Å². The van der Waals surface area contributed by atoms with Gasteiger partial charge in [0.25, 0.3) is 0 Å². The number of alkyl halides is 3. The zero-order valence-electron chi connectivity index (χ0n) is 18.1. The predicted octanol–water partition coefficient (Wildman–Crippen LogP) is 6.80. The number of fused-ring (bicyclic) bond motifs is 1. The van der Waals surface area contributed by atoms with Crippen LogP contribution in [0.5, 0.6) is 11.5 Å². The van der Waals surface area contributed by atoms with Crippen molar-refractivity contribution in [2.24, 2.45) is 5.92 Å². The minimum atomic E-state index is -4.55. The van der Waals surface area contributed by atoms with E-state index < -0.39 is 34.6 Å². The first kappa shape index (κ1) is 23.6. The number of aryl methyl sites for hydroxylation is 1. The molecule has 1 fully saturated rings. The van der Waals surface area contributed by atoms with Crippen LogP contribution in [0.3, 0.4) is 0 Å².